The molecule has 2 N–H and O–H groups in total. The van der Waals surface area contributed by atoms with E-state index in [1.165, 1.54) is 0 Å². The topological polar surface area (TPSA) is 61.8 Å². The zero-order chi connectivity index (χ0) is 15.5. The summed E-state index contributed by atoms with van der Waals surface area (Å²) in [7, 11) is 0. The Balaban J connectivity index is 1.57. The van der Waals surface area contributed by atoms with Gasteiger partial charge >= 0.3 is 0 Å². The predicted molar refractivity (Wildman–Crippen MR) is 83.7 cm³/mol. The largest absolute Gasteiger partial charge is 0.493 e. The van der Waals surface area contributed by atoms with Crippen molar-refractivity contribution in [2.24, 2.45) is 5.92 Å². The van der Waals surface area contributed by atoms with E-state index in [4.69, 9.17) is 4.74 Å². The first-order chi connectivity index (χ1) is 10.6. The van der Waals surface area contributed by atoms with Crippen molar-refractivity contribution in [3.05, 3.63) is 29.8 Å². The molecule has 1 amide bonds. The Bertz CT molecular complexity index is 534. The van der Waals surface area contributed by atoms with Crippen LogP contribution in [0.1, 0.15) is 31.4 Å². The lowest BCUT2D eigenvalue weighted by Gasteiger charge is -2.34. The summed E-state index contributed by atoms with van der Waals surface area (Å²) in [5, 5.41) is 13.0. The molecule has 0 aromatic heterocycles. The molecule has 2 aliphatic heterocycles. The van der Waals surface area contributed by atoms with Crippen LogP contribution >= 0.6 is 0 Å². The van der Waals surface area contributed by atoms with E-state index in [1.807, 2.05) is 29.2 Å². The van der Waals surface area contributed by atoms with E-state index in [9.17, 15) is 9.90 Å². The number of carbonyl (C=O) groups is 1. The Morgan fingerprint density at radius 3 is 3.05 bits per heavy atom. The van der Waals surface area contributed by atoms with Gasteiger partial charge in [0.05, 0.1) is 25.3 Å². The van der Waals surface area contributed by atoms with Crippen molar-refractivity contribution in [1.82, 2.24) is 10.2 Å². The summed E-state index contributed by atoms with van der Waals surface area (Å²) in [4.78, 5) is 14.3. The molecule has 0 aliphatic carbocycles. The van der Waals surface area contributed by atoms with Crippen LogP contribution in [0.4, 0.5) is 0 Å². The number of nitrogens with one attached hydrogen (secondary N) is 1. The molecular formula is C17H24N2O3. The molecular weight excluding hydrogens is 280 g/mol. The van der Waals surface area contributed by atoms with Crippen LogP contribution in [0, 0.1) is 5.92 Å². The highest BCUT2D eigenvalue weighted by Crippen LogP contribution is 2.31. The van der Waals surface area contributed by atoms with Gasteiger partial charge in [-0.1, -0.05) is 25.1 Å². The van der Waals surface area contributed by atoms with Gasteiger partial charge in [0.1, 0.15) is 5.75 Å². The number of hydrogen-bond acceptors (Lipinski definition) is 4. The Morgan fingerprint density at radius 1 is 1.41 bits per heavy atom. The van der Waals surface area contributed by atoms with Crippen molar-refractivity contribution in [3.8, 4) is 5.75 Å². The highest BCUT2D eigenvalue weighted by molar-refractivity contribution is 5.78. The second kappa shape index (κ2) is 6.67. The maximum atomic E-state index is 12.3. The van der Waals surface area contributed by atoms with Crippen LogP contribution in [-0.4, -0.2) is 48.3 Å². The first kappa shape index (κ1) is 15.3. The summed E-state index contributed by atoms with van der Waals surface area (Å²) >= 11 is 0. The highest BCUT2D eigenvalue weighted by Gasteiger charge is 2.27. The number of ether oxygens (including phenoxy) is 1. The molecule has 0 bridgehead atoms. The fraction of sp³-hybridized carbons (Fsp3) is 0.588. The zero-order valence-corrected chi connectivity index (χ0v) is 13.0. The van der Waals surface area contributed by atoms with Gasteiger partial charge in [0.2, 0.25) is 5.91 Å². The number of nitrogens with zero attached hydrogens (tertiary/aromatic N) is 1. The van der Waals surface area contributed by atoms with E-state index in [0.29, 0.717) is 25.6 Å². The van der Waals surface area contributed by atoms with Gasteiger partial charge in [-0.05, 0) is 24.9 Å². The summed E-state index contributed by atoms with van der Waals surface area (Å²) < 4.78 is 5.62. The quantitative estimate of drug-likeness (QED) is 0.884. The van der Waals surface area contributed by atoms with Crippen molar-refractivity contribution in [1.29, 1.82) is 0 Å². The van der Waals surface area contributed by atoms with Crippen LogP contribution in [0.15, 0.2) is 24.3 Å². The summed E-state index contributed by atoms with van der Waals surface area (Å²) in [5.74, 6) is 1.20. The Morgan fingerprint density at radius 2 is 2.23 bits per heavy atom. The molecule has 22 heavy (non-hydrogen) atoms. The fourth-order valence-corrected chi connectivity index (χ4v) is 3.19. The smallest absolute Gasteiger partial charge is 0.234 e. The van der Waals surface area contributed by atoms with E-state index < -0.39 is 0 Å². The second-order valence-electron chi connectivity index (χ2n) is 6.36. The number of aliphatic hydroxyl groups is 1. The molecule has 3 atom stereocenters. The molecule has 2 heterocycles. The number of piperidine rings is 1. The monoisotopic (exact) mass is 304 g/mol. The molecule has 0 radical (unpaired) electrons. The number of fused-ring (bicyclic) bond motifs is 1. The van der Waals surface area contributed by atoms with Crippen LogP contribution in [0.2, 0.25) is 0 Å². The summed E-state index contributed by atoms with van der Waals surface area (Å²) in [6, 6.07) is 7.88. The molecule has 3 rings (SSSR count). The molecule has 2 aliphatic rings. The van der Waals surface area contributed by atoms with E-state index in [0.717, 1.165) is 30.7 Å². The van der Waals surface area contributed by atoms with Crippen molar-refractivity contribution in [2.45, 2.75) is 31.9 Å². The van der Waals surface area contributed by atoms with Gasteiger partial charge < -0.3 is 15.2 Å². The predicted octanol–water partition coefficient (Wildman–Crippen LogP) is 1.33. The van der Waals surface area contributed by atoms with Crippen molar-refractivity contribution < 1.29 is 14.6 Å². The van der Waals surface area contributed by atoms with Gasteiger partial charge in [-0.25, -0.2) is 0 Å². The minimum atomic E-state index is -0.328. The maximum absolute atomic E-state index is 12.3. The molecule has 1 aromatic carbocycles. The van der Waals surface area contributed by atoms with Crippen LogP contribution < -0.4 is 10.1 Å². The Hall–Kier alpha value is -1.59. The van der Waals surface area contributed by atoms with Crippen molar-refractivity contribution in [2.75, 3.05) is 26.2 Å². The van der Waals surface area contributed by atoms with Crippen molar-refractivity contribution in [3.63, 3.8) is 0 Å². The number of β-amino-alcohol motifs (C(OH)–C–C–N with tert-alkyl or cyclic N) is 1. The third-order valence-corrected chi connectivity index (χ3v) is 4.66. The number of hydrogen-bond donors (Lipinski definition) is 2. The van der Waals surface area contributed by atoms with E-state index in [2.05, 4.69) is 12.2 Å². The molecule has 3 unspecified atom stereocenters. The van der Waals surface area contributed by atoms with Crippen molar-refractivity contribution >= 4 is 5.91 Å². The molecule has 120 valence electrons. The van der Waals surface area contributed by atoms with Gasteiger partial charge in [0.15, 0.2) is 0 Å². The fourth-order valence-electron chi connectivity index (χ4n) is 3.19. The molecule has 1 saturated heterocycles. The molecule has 1 fully saturated rings. The van der Waals surface area contributed by atoms with Gasteiger partial charge in [-0.3, -0.25) is 9.69 Å². The van der Waals surface area contributed by atoms with Crippen LogP contribution in [0.5, 0.6) is 5.75 Å². The first-order valence-electron chi connectivity index (χ1n) is 8.05. The van der Waals surface area contributed by atoms with Gasteiger partial charge in [-0.2, -0.15) is 0 Å². The number of likely N-dealkylation sites (tertiary alicyclic amines) is 1. The number of carbonyl (C=O) groups excluding carboxylic acids is 1. The van der Waals surface area contributed by atoms with Crippen LogP contribution in [-0.2, 0) is 4.79 Å². The maximum Gasteiger partial charge on any atom is 0.234 e. The first-order valence-corrected chi connectivity index (χ1v) is 8.05. The number of benzene rings is 1. The molecule has 0 saturated carbocycles. The van der Waals surface area contributed by atoms with Crippen LogP contribution in [0.3, 0.4) is 0 Å². The minimum Gasteiger partial charge on any atom is -0.493 e. The Kier molecular flexibility index (Phi) is 4.64. The zero-order valence-electron chi connectivity index (χ0n) is 13.0. The summed E-state index contributed by atoms with van der Waals surface area (Å²) in [6.07, 6.45) is 1.40. The standard InChI is InChI=1S/C17H24N2O3/c1-12-6-8-19(10-15(12)20)11-17(21)18-14-7-9-22-16-5-3-2-4-13(14)16/h2-5,12,14-15,20H,6-11H2,1H3,(H,18,21). The molecule has 1 aromatic rings. The molecule has 5 nitrogen and oxygen atoms in total. The number of para-hydroxylation sites is 1. The third-order valence-electron chi connectivity index (χ3n) is 4.66. The lowest BCUT2D eigenvalue weighted by Crippen LogP contribution is -2.47. The van der Waals surface area contributed by atoms with Gasteiger partial charge in [0, 0.05) is 18.5 Å². The lowest BCUT2D eigenvalue weighted by molar-refractivity contribution is -0.124. The second-order valence-corrected chi connectivity index (χ2v) is 6.36. The number of amides is 1. The van der Waals surface area contributed by atoms with E-state index in [1.54, 1.807) is 0 Å². The average Bonchev–Trinajstić information content (AvgIpc) is 2.51. The summed E-state index contributed by atoms with van der Waals surface area (Å²) in [6.45, 7) is 4.49. The summed E-state index contributed by atoms with van der Waals surface area (Å²) in [5.41, 5.74) is 1.05. The van der Waals surface area contributed by atoms with E-state index >= 15 is 0 Å². The van der Waals surface area contributed by atoms with Gasteiger partial charge in [0.25, 0.3) is 0 Å². The molecule has 0 spiro atoms. The normalized spacial score (nSPS) is 28.5. The van der Waals surface area contributed by atoms with Crippen LogP contribution in [0.25, 0.3) is 0 Å². The number of aliphatic hydroxyl groups excluding tert-OH is 1. The average molecular weight is 304 g/mol. The van der Waals surface area contributed by atoms with E-state index in [-0.39, 0.29) is 18.1 Å². The number of rotatable bonds is 3. The third kappa shape index (κ3) is 3.42. The highest BCUT2D eigenvalue weighted by atomic mass is 16.5. The molecule has 5 heteroatoms. The SMILES string of the molecule is CC1CCN(CC(=O)NC2CCOc3ccccc32)CC1O. The Labute approximate surface area is 131 Å². The minimum absolute atomic E-state index is 0.0171. The lowest BCUT2D eigenvalue weighted by atomic mass is 9.96. The van der Waals surface area contributed by atoms with Gasteiger partial charge in [-0.15, -0.1) is 0 Å².